The molecule has 0 aromatic carbocycles. The van der Waals surface area contributed by atoms with Gasteiger partial charge in [0.1, 0.15) is 6.04 Å². The van der Waals surface area contributed by atoms with Crippen molar-refractivity contribution < 1.29 is 29.0 Å². The molecule has 1 amide bonds. The predicted octanol–water partition coefficient (Wildman–Crippen LogP) is -1.15. The van der Waals surface area contributed by atoms with Crippen molar-refractivity contribution in [2.75, 3.05) is 6.16 Å². The van der Waals surface area contributed by atoms with E-state index in [4.69, 9.17) is 26.4 Å². The predicted molar refractivity (Wildman–Crippen MR) is 56.6 cm³/mol. The molecule has 0 fully saturated rings. The summed E-state index contributed by atoms with van der Waals surface area (Å²) in [5.74, 6) is -1.64. The van der Waals surface area contributed by atoms with Crippen molar-refractivity contribution in [3.63, 3.8) is 0 Å². The second kappa shape index (κ2) is 8.23. The first-order chi connectivity index (χ1) is 7.10. The zero-order chi connectivity index (χ0) is 13.4. The molecule has 0 saturated carbocycles. The van der Waals surface area contributed by atoms with Crippen LogP contribution in [0.4, 0.5) is 0 Å². The number of rotatable bonds is 5. The van der Waals surface area contributed by atoms with E-state index in [9.17, 15) is 14.2 Å². The molecule has 0 radical (unpaired) electrons. The summed E-state index contributed by atoms with van der Waals surface area (Å²) in [6, 6.07) is -0.979. The fourth-order valence-corrected chi connectivity index (χ4v) is 0.421. The molecule has 8 nitrogen and oxygen atoms in total. The van der Waals surface area contributed by atoms with Crippen molar-refractivity contribution in [2.24, 2.45) is 11.5 Å². The van der Waals surface area contributed by atoms with E-state index in [2.05, 4.69) is 0 Å². The van der Waals surface area contributed by atoms with Gasteiger partial charge < -0.3 is 26.4 Å². The van der Waals surface area contributed by atoms with Gasteiger partial charge in [0.05, 0.1) is 0 Å². The topological polar surface area (TPSA) is 164 Å². The Morgan fingerprint density at radius 3 is 1.94 bits per heavy atom. The highest BCUT2D eigenvalue weighted by Gasteiger charge is 2.11. The van der Waals surface area contributed by atoms with Gasteiger partial charge in [-0.15, -0.1) is 0 Å². The van der Waals surface area contributed by atoms with Crippen molar-refractivity contribution in [1.29, 1.82) is 0 Å². The van der Waals surface area contributed by atoms with Gasteiger partial charge in [0.15, 0.2) is 0 Å². The standard InChI is InChI=1S/C5H10N2O3.C2H7O3P/c6-3(5(9)10)1-2-4(7)8;1-2-6(3,4)5/h3H,1-2,6H2,(H2,7,8)(H,9,10);2H2,1H3,(H2,3,4,5)/t3-;/m0./s1. The molecule has 0 aromatic heterocycles. The Kier molecular flexibility index (Phi) is 8.97. The number of carbonyl (C=O) groups excluding carboxylic acids is 1. The van der Waals surface area contributed by atoms with E-state index in [1.165, 1.54) is 6.92 Å². The van der Waals surface area contributed by atoms with Crippen LogP contribution < -0.4 is 11.5 Å². The summed E-state index contributed by atoms with van der Waals surface area (Å²) < 4.78 is 9.69. The summed E-state index contributed by atoms with van der Waals surface area (Å²) in [5.41, 5.74) is 9.81. The Labute approximate surface area is 92.8 Å². The first kappa shape index (κ1) is 17.4. The highest BCUT2D eigenvalue weighted by molar-refractivity contribution is 7.51. The zero-order valence-electron chi connectivity index (χ0n) is 8.87. The fourth-order valence-electron chi connectivity index (χ4n) is 0.421. The molecule has 16 heavy (non-hydrogen) atoms. The minimum Gasteiger partial charge on any atom is -0.480 e. The lowest BCUT2D eigenvalue weighted by atomic mass is 10.2. The van der Waals surface area contributed by atoms with Crippen LogP contribution in [0.25, 0.3) is 0 Å². The number of hydrogen-bond donors (Lipinski definition) is 5. The second-order valence-corrected chi connectivity index (χ2v) is 4.89. The van der Waals surface area contributed by atoms with Crippen LogP contribution in [0.1, 0.15) is 19.8 Å². The smallest absolute Gasteiger partial charge is 0.325 e. The highest BCUT2D eigenvalue weighted by Crippen LogP contribution is 2.32. The molecule has 0 heterocycles. The Morgan fingerprint density at radius 2 is 1.75 bits per heavy atom. The van der Waals surface area contributed by atoms with Gasteiger partial charge in [0.25, 0.3) is 0 Å². The van der Waals surface area contributed by atoms with Crippen molar-refractivity contribution >= 4 is 19.5 Å². The maximum absolute atomic E-state index is 10.1. The maximum atomic E-state index is 10.1. The fraction of sp³-hybridized carbons (Fsp3) is 0.714. The molecular formula is C7H17N2O6P. The van der Waals surface area contributed by atoms with Crippen molar-refractivity contribution in [3.8, 4) is 0 Å². The molecule has 0 aliphatic carbocycles. The molecule has 0 unspecified atom stereocenters. The number of carboxylic acid groups (broad SMARTS) is 1. The average Bonchev–Trinajstić information content (AvgIpc) is 2.13. The molecule has 96 valence electrons. The lowest BCUT2D eigenvalue weighted by molar-refractivity contribution is -0.138. The summed E-state index contributed by atoms with van der Waals surface area (Å²) in [7, 11) is -3.65. The van der Waals surface area contributed by atoms with E-state index < -0.39 is 25.5 Å². The van der Waals surface area contributed by atoms with Crippen LogP contribution in [-0.4, -0.2) is 39.0 Å². The van der Waals surface area contributed by atoms with E-state index in [1.54, 1.807) is 0 Å². The first-order valence-corrected chi connectivity index (χ1v) is 6.21. The van der Waals surface area contributed by atoms with Gasteiger partial charge >= 0.3 is 13.6 Å². The Bertz CT molecular complexity index is 276. The number of nitrogens with two attached hydrogens (primary N) is 2. The van der Waals surface area contributed by atoms with Crippen LogP contribution in [0, 0.1) is 0 Å². The van der Waals surface area contributed by atoms with Crippen molar-refractivity contribution in [3.05, 3.63) is 0 Å². The zero-order valence-corrected chi connectivity index (χ0v) is 9.76. The van der Waals surface area contributed by atoms with E-state index in [1.807, 2.05) is 0 Å². The number of hydrogen-bond acceptors (Lipinski definition) is 4. The van der Waals surface area contributed by atoms with Crippen LogP contribution in [0.5, 0.6) is 0 Å². The van der Waals surface area contributed by atoms with Gasteiger partial charge in [-0.05, 0) is 6.42 Å². The molecule has 7 N–H and O–H groups in total. The van der Waals surface area contributed by atoms with E-state index in [-0.39, 0.29) is 19.0 Å². The van der Waals surface area contributed by atoms with Gasteiger partial charge in [-0.25, -0.2) is 0 Å². The molecule has 0 aromatic rings. The number of primary amides is 1. The third kappa shape index (κ3) is 15.5. The lowest BCUT2D eigenvalue weighted by Crippen LogP contribution is -2.31. The van der Waals surface area contributed by atoms with E-state index in [0.717, 1.165) is 0 Å². The van der Waals surface area contributed by atoms with Crippen LogP contribution in [0.15, 0.2) is 0 Å². The SMILES string of the molecule is CCP(=O)(O)O.NC(=O)CC[C@H](N)C(=O)O. The molecule has 0 aliphatic rings. The van der Waals surface area contributed by atoms with Crippen LogP contribution in [-0.2, 0) is 14.2 Å². The summed E-state index contributed by atoms with van der Waals surface area (Å²) in [6.45, 7) is 1.45. The third-order valence-corrected chi connectivity index (χ3v) is 2.25. The van der Waals surface area contributed by atoms with Gasteiger partial charge in [-0.2, -0.15) is 0 Å². The number of amides is 1. The van der Waals surface area contributed by atoms with E-state index in [0.29, 0.717) is 0 Å². The monoisotopic (exact) mass is 256 g/mol. The van der Waals surface area contributed by atoms with Gasteiger partial charge in [-0.3, -0.25) is 14.2 Å². The van der Waals surface area contributed by atoms with Gasteiger partial charge in [0, 0.05) is 12.6 Å². The Balaban J connectivity index is 0. The maximum Gasteiger partial charge on any atom is 0.325 e. The molecular weight excluding hydrogens is 239 g/mol. The minimum atomic E-state index is -3.65. The Morgan fingerprint density at radius 1 is 1.38 bits per heavy atom. The summed E-state index contributed by atoms with van der Waals surface area (Å²) in [5, 5.41) is 8.22. The highest BCUT2D eigenvalue weighted by atomic mass is 31.2. The summed E-state index contributed by atoms with van der Waals surface area (Å²) in [4.78, 5) is 36.0. The summed E-state index contributed by atoms with van der Waals surface area (Å²) >= 11 is 0. The van der Waals surface area contributed by atoms with Gasteiger partial charge in [-0.1, -0.05) is 6.92 Å². The van der Waals surface area contributed by atoms with E-state index >= 15 is 0 Å². The van der Waals surface area contributed by atoms with Crippen LogP contribution >= 0.6 is 7.60 Å². The average molecular weight is 256 g/mol. The van der Waals surface area contributed by atoms with Crippen LogP contribution in [0.3, 0.4) is 0 Å². The first-order valence-electron chi connectivity index (χ1n) is 4.41. The number of carboxylic acids is 1. The largest absolute Gasteiger partial charge is 0.480 e. The quantitative estimate of drug-likeness (QED) is 0.387. The molecule has 0 aliphatic heterocycles. The number of aliphatic carboxylic acids is 1. The molecule has 0 spiro atoms. The molecule has 0 rings (SSSR count). The third-order valence-electron chi connectivity index (χ3n) is 1.43. The molecule has 9 heteroatoms. The second-order valence-electron chi connectivity index (χ2n) is 2.93. The number of carbonyl (C=O) groups is 2. The minimum absolute atomic E-state index is 0.0213. The van der Waals surface area contributed by atoms with Crippen molar-refractivity contribution in [2.45, 2.75) is 25.8 Å². The van der Waals surface area contributed by atoms with Gasteiger partial charge in [0.2, 0.25) is 5.91 Å². The van der Waals surface area contributed by atoms with Crippen molar-refractivity contribution in [1.82, 2.24) is 0 Å². The van der Waals surface area contributed by atoms with Crippen LogP contribution in [0.2, 0.25) is 0 Å². The molecule has 0 saturated heterocycles. The Hall–Kier alpha value is -0.950. The summed E-state index contributed by atoms with van der Waals surface area (Å²) in [6.07, 6.45) is 0.0606. The lowest BCUT2D eigenvalue weighted by Gasteiger charge is -2.01. The molecule has 1 atom stereocenters. The normalized spacial score (nSPS) is 12.2. The molecule has 0 bridgehead atoms.